The van der Waals surface area contributed by atoms with Crippen LogP contribution in [0.3, 0.4) is 0 Å². The standard InChI is InChI=1S/C35H36BrF2N3O3/c1-22(42)40-20-27-18-29(24-10-8-23(9-11-24)5-4-16-44-33-17-26(37)12-15-30(33)36)34(32(21-40)39-27)35(43)41(28-13-14-28)19-25-6-2-3-7-31(25)38/h2-3,6-12,15,17,27-28,32,39H,4-5,13-14,16,18-21H2,1H3/t27?,32-/m1/s1. The number of benzene rings is 3. The van der Waals surface area contributed by atoms with E-state index in [0.717, 1.165) is 42.4 Å². The highest BCUT2D eigenvalue weighted by Gasteiger charge is 2.43. The van der Waals surface area contributed by atoms with E-state index in [1.165, 1.54) is 18.2 Å². The maximum atomic E-state index is 14.7. The van der Waals surface area contributed by atoms with Crippen molar-refractivity contribution in [3.8, 4) is 5.75 Å². The first-order chi connectivity index (χ1) is 21.3. The summed E-state index contributed by atoms with van der Waals surface area (Å²) in [5, 5.41) is 3.61. The van der Waals surface area contributed by atoms with E-state index in [2.05, 4.69) is 45.5 Å². The molecule has 2 bridgehead atoms. The number of nitrogens with one attached hydrogen (secondary N) is 1. The smallest absolute Gasteiger partial charge is 0.252 e. The van der Waals surface area contributed by atoms with E-state index < -0.39 is 0 Å². The largest absolute Gasteiger partial charge is 0.492 e. The zero-order valence-corrected chi connectivity index (χ0v) is 26.3. The highest BCUT2D eigenvalue weighted by molar-refractivity contribution is 9.10. The van der Waals surface area contributed by atoms with E-state index >= 15 is 0 Å². The van der Waals surface area contributed by atoms with Gasteiger partial charge in [0.25, 0.3) is 5.91 Å². The van der Waals surface area contributed by atoms with Gasteiger partial charge >= 0.3 is 0 Å². The molecule has 230 valence electrons. The molecule has 6 rings (SSSR count). The molecule has 3 aliphatic rings. The number of fused-ring (bicyclic) bond motifs is 2. The Hall–Kier alpha value is -3.56. The van der Waals surface area contributed by atoms with Gasteiger partial charge in [-0.25, -0.2) is 8.78 Å². The fourth-order valence-electron chi connectivity index (χ4n) is 6.26. The van der Waals surface area contributed by atoms with Crippen molar-refractivity contribution in [2.75, 3.05) is 19.7 Å². The molecule has 1 saturated heterocycles. The molecule has 2 atom stereocenters. The van der Waals surface area contributed by atoms with Gasteiger partial charge in [0.1, 0.15) is 17.4 Å². The van der Waals surface area contributed by atoms with Crippen molar-refractivity contribution in [1.82, 2.24) is 15.1 Å². The zero-order chi connectivity index (χ0) is 30.8. The van der Waals surface area contributed by atoms with Gasteiger partial charge in [-0.15, -0.1) is 0 Å². The predicted octanol–water partition coefficient (Wildman–Crippen LogP) is 6.28. The van der Waals surface area contributed by atoms with E-state index in [1.54, 1.807) is 31.2 Å². The van der Waals surface area contributed by atoms with Crippen LogP contribution >= 0.6 is 15.9 Å². The van der Waals surface area contributed by atoms with Crippen molar-refractivity contribution in [2.24, 2.45) is 0 Å². The van der Waals surface area contributed by atoms with E-state index in [1.807, 2.05) is 9.80 Å². The van der Waals surface area contributed by atoms with Gasteiger partial charge in [-0.05, 0) is 82.9 Å². The Balaban J connectivity index is 1.23. The van der Waals surface area contributed by atoms with Crippen molar-refractivity contribution in [1.29, 1.82) is 0 Å². The molecule has 3 aromatic rings. The first kappa shape index (κ1) is 30.5. The van der Waals surface area contributed by atoms with Crippen LogP contribution in [-0.2, 0) is 22.6 Å². The molecule has 0 radical (unpaired) electrons. The fourth-order valence-corrected chi connectivity index (χ4v) is 6.62. The second-order valence-electron chi connectivity index (χ2n) is 11.9. The maximum Gasteiger partial charge on any atom is 0.252 e. The van der Waals surface area contributed by atoms with Crippen LogP contribution in [0.4, 0.5) is 8.78 Å². The average molecular weight is 665 g/mol. The van der Waals surface area contributed by atoms with Crippen LogP contribution < -0.4 is 10.1 Å². The third-order valence-electron chi connectivity index (χ3n) is 8.69. The minimum Gasteiger partial charge on any atom is -0.492 e. The molecule has 2 fully saturated rings. The van der Waals surface area contributed by atoms with Crippen LogP contribution in [-0.4, -0.2) is 59.4 Å². The lowest BCUT2D eigenvalue weighted by Crippen LogP contribution is -2.61. The third kappa shape index (κ3) is 6.89. The molecule has 1 saturated carbocycles. The van der Waals surface area contributed by atoms with E-state index in [9.17, 15) is 18.4 Å². The topological polar surface area (TPSA) is 61.9 Å². The highest BCUT2D eigenvalue weighted by atomic mass is 79.9. The van der Waals surface area contributed by atoms with Gasteiger partial charge < -0.3 is 19.9 Å². The Labute approximate surface area is 265 Å². The van der Waals surface area contributed by atoms with Crippen molar-refractivity contribution < 1.29 is 23.1 Å². The SMILES string of the molecule is CC(=O)N1CC2CC(c3ccc(CCCOc4cc(F)ccc4Br)cc3)=C(C(=O)N(Cc3ccccc3F)C3CC3)[C@@H](C1)N2. The Morgan fingerprint density at radius 1 is 1.05 bits per heavy atom. The number of carbonyl (C=O) groups excluding carboxylic acids is 2. The number of hydrogen-bond donors (Lipinski definition) is 1. The average Bonchev–Trinajstić information content (AvgIpc) is 3.85. The Kier molecular flexibility index (Phi) is 9.14. The molecule has 2 amide bonds. The Morgan fingerprint density at radius 2 is 1.82 bits per heavy atom. The lowest BCUT2D eigenvalue weighted by Gasteiger charge is -2.44. The highest BCUT2D eigenvalue weighted by Crippen LogP contribution is 2.37. The monoisotopic (exact) mass is 663 g/mol. The third-order valence-corrected chi connectivity index (χ3v) is 9.35. The lowest BCUT2D eigenvalue weighted by molar-refractivity contribution is -0.132. The first-order valence-corrected chi connectivity index (χ1v) is 16.0. The molecule has 0 spiro atoms. The number of piperazine rings is 1. The number of halogens is 3. The summed E-state index contributed by atoms with van der Waals surface area (Å²) in [4.78, 5) is 30.4. The molecule has 44 heavy (non-hydrogen) atoms. The predicted molar refractivity (Wildman–Crippen MR) is 169 cm³/mol. The zero-order valence-electron chi connectivity index (χ0n) is 24.7. The van der Waals surface area contributed by atoms with Gasteiger partial charge in [0.15, 0.2) is 0 Å². The molecule has 2 aliphatic heterocycles. The summed E-state index contributed by atoms with van der Waals surface area (Å²) in [5.74, 6) is -0.252. The quantitative estimate of drug-likeness (QED) is 0.260. The van der Waals surface area contributed by atoms with E-state index in [-0.39, 0.29) is 48.1 Å². The number of aryl methyl sites for hydroxylation is 1. The van der Waals surface area contributed by atoms with Crippen molar-refractivity contribution in [3.63, 3.8) is 0 Å². The summed E-state index contributed by atoms with van der Waals surface area (Å²) < 4.78 is 34.7. The molecule has 9 heteroatoms. The lowest BCUT2D eigenvalue weighted by atomic mass is 9.82. The van der Waals surface area contributed by atoms with Crippen LogP contribution in [0.1, 0.15) is 49.3 Å². The van der Waals surface area contributed by atoms with Gasteiger partial charge in [-0.2, -0.15) is 0 Å². The number of rotatable bonds is 10. The number of carbonyl (C=O) groups is 2. The number of ether oxygens (including phenoxy) is 1. The van der Waals surface area contributed by atoms with Crippen LogP contribution in [0.25, 0.3) is 5.57 Å². The number of nitrogens with zero attached hydrogens (tertiary/aromatic N) is 2. The molecule has 1 N–H and O–H groups in total. The van der Waals surface area contributed by atoms with Gasteiger partial charge in [0.05, 0.1) is 17.1 Å². The molecular formula is C35H36BrF2N3O3. The second kappa shape index (κ2) is 13.2. The Morgan fingerprint density at radius 3 is 2.55 bits per heavy atom. The summed E-state index contributed by atoms with van der Waals surface area (Å²) in [5.41, 5.74) is 4.31. The van der Waals surface area contributed by atoms with Crippen LogP contribution in [0.15, 0.2) is 76.8 Å². The normalized spacial score (nSPS) is 19.6. The van der Waals surface area contributed by atoms with Gasteiger partial charge in [0.2, 0.25) is 5.91 Å². The fraction of sp³-hybridized carbons (Fsp3) is 0.371. The first-order valence-electron chi connectivity index (χ1n) is 15.2. The number of hydrogen-bond acceptors (Lipinski definition) is 4. The second-order valence-corrected chi connectivity index (χ2v) is 12.8. The summed E-state index contributed by atoms with van der Waals surface area (Å²) in [6.07, 6.45) is 3.97. The molecule has 0 aromatic heterocycles. The summed E-state index contributed by atoms with van der Waals surface area (Å²) in [6.45, 7) is 3.26. The Bertz CT molecular complexity index is 1570. The molecule has 1 unspecified atom stereocenters. The van der Waals surface area contributed by atoms with Gasteiger partial charge in [-0.1, -0.05) is 42.5 Å². The summed E-state index contributed by atoms with van der Waals surface area (Å²) >= 11 is 3.39. The molecule has 1 aliphatic carbocycles. The maximum absolute atomic E-state index is 14.7. The van der Waals surface area contributed by atoms with Crippen molar-refractivity contribution in [2.45, 2.75) is 63.7 Å². The minimum atomic E-state index is -0.338. The van der Waals surface area contributed by atoms with Crippen LogP contribution in [0, 0.1) is 11.6 Å². The van der Waals surface area contributed by atoms with Gasteiger partial charge in [0, 0.05) is 55.8 Å². The van der Waals surface area contributed by atoms with E-state index in [4.69, 9.17) is 4.74 Å². The number of amides is 2. The summed E-state index contributed by atoms with van der Waals surface area (Å²) in [6, 6.07) is 19.2. The summed E-state index contributed by atoms with van der Waals surface area (Å²) in [7, 11) is 0. The van der Waals surface area contributed by atoms with Crippen molar-refractivity contribution in [3.05, 3.63) is 105 Å². The molecule has 3 aromatic carbocycles. The van der Waals surface area contributed by atoms with Crippen LogP contribution in [0.5, 0.6) is 5.75 Å². The molecule has 2 heterocycles. The van der Waals surface area contributed by atoms with E-state index in [0.29, 0.717) is 47.5 Å². The van der Waals surface area contributed by atoms with Gasteiger partial charge in [-0.3, -0.25) is 9.59 Å². The molecule has 6 nitrogen and oxygen atoms in total. The van der Waals surface area contributed by atoms with Crippen LogP contribution in [0.2, 0.25) is 0 Å². The minimum absolute atomic E-state index is 0.000226. The molecular weight excluding hydrogens is 628 g/mol. The van der Waals surface area contributed by atoms with Crippen molar-refractivity contribution >= 4 is 33.3 Å².